The van der Waals surface area contributed by atoms with Crippen molar-refractivity contribution in [1.82, 2.24) is 10.2 Å². The predicted octanol–water partition coefficient (Wildman–Crippen LogP) is 5.07. The zero-order valence-electron chi connectivity index (χ0n) is 26.3. The number of carbonyl (C=O) groups excluding carboxylic acids is 2. The van der Waals surface area contributed by atoms with Crippen molar-refractivity contribution in [2.75, 3.05) is 26.8 Å². The van der Waals surface area contributed by atoms with E-state index in [1.807, 2.05) is 72.8 Å². The summed E-state index contributed by atoms with van der Waals surface area (Å²) in [6, 6.07) is 24.4. The van der Waals surface area contributed by atoms with E-state index in [2.05, 4.69) is 10.2 Å². The molecule has 9 nitrogen and oxygen atoms in total. The largest absolute Gasteiger partial charge is 0.453 e. The number of aliphatic hydroxyl groups is 1. The Morgan fingerprint density at radius 2 is 1.76 bits per heavy atom. The lowest BCUT2D eigenvalue weighted by molar-refractivity contribution is -0.253. The molecule has 2 heterocycles. The van der Waals surface area contributed by atoms with Crippen LogP contribution in [0.5, 0.6) is 0 Å². The molecule has 5 atom stereocenters. The van der Waals surface area contributed by atoms with Crippen molar-refractivity contribution in [1.29, 1.82) is 0 Å². The van der Waals surface area contributed by atoms with Gasteiger partial charge < -0.3 is 29.4 Å². The van der Waals surface area contributed by atoms with Gasteiger partial charge in [0.2, 0.25) is 0 Å². The van der Waals surface area contributed by atoms with Gasteiger partial charge >= 0.3 is 5.97 Å². The minimum absolute atomic E-state index is 0.00522. The van der Waals surface area contributed by atoms with Crippen LogP contribution >= 0.6 is 0 Å². The summed E-state index contributed by atoms with van der Waals surface area (Å²) in [5.74, 6) is -0.841. The molecule has 45 heavy (non-hydrogen) atoms. The maximum absolute atomic E-state index is 12.4. The Kier molecular flexibility index (Phi) is 11.4. The highest BCUT2D eigenvalue weighted by molar-refractivity contribution is 5.83. The second-order valence-electron chi connectivity index (χ2n) is 11.8. The summed E-state index contributed by atoms with van der Waals surface area (Å²) in [6.07, 6.45) is 1.44. The molecular weight excluding hydrogens is 572 g/mol. The first-order chi connectivity index (χ1) is 21.8. The van der Waals surface area contributed by atoms with E-state index in [1.54, 1.807) is 14.0 Å². The zero-order valence-corrected chi connectivity index (χ0v) is 26.3. The molecule has 2 saturated heterocycles. The highest BCUT2D eigenvalue weighted by atomic mass is 16.7. The number of hydrogen-bond acceptors (Lipinski definition) is 8. The summed E-state index contributed by atoms with van der Waals surface area (Å²) < 4.78 is 23.7. The van der Waals surface area contributed by atoms with Gasteiger partial charge in [-0.3, -0.25) is 14.5 Å². The molecule has 240 valence electrons. The molecule has 0 aromatic heterocycles. The van der Waals surface area contributed by atoms with Crippen LogP contribution in [0.4, 0.5) is 0 Å². The van der Waals surface area contributed by atoms with Gasteiger partial charge in [0.25, 0.3) is 5.91 Å². The molecule has 9 heteroatoms. The molecule has 0 unspecified atom stereocenters. The third-order valence-corrected chi connectivity index (χ3v) is 8.59. The maximum Gasteiger partial charge on any atom is 0.303 e. The van der Waals surface area contributed by atoms with Crippen molar-refractivity contribution in [2.24, 2.45) is 0 Å². The molecule has 2 N–H and O–H groups in total. The van der Waals surface area contributed by atoms with Crippen LogP contribution in [0.15, 0.2) is 72.8 Å². The number of hydrogen-bond donors (Lipinski definition) is 2. The van der Waals surface area contributed by atoms with E-state index in [0.29, 0.717) is 12.6 Å². The van der Waals surface area contributed by atoms with E-state index in [-0.39, 0.29) is 24.7 Å². The summed E-state index contributed by atoms with van der Waals surface area (Å²) in [5, 5.41) is 12.4. The third-order valence-electron chi connectivity index (χ3n) is 8.59. The van der Waals surface area contributed by atoms with Crippen LogP contribution < -0.4 is 5.32 Å². The number of ether oxygens (including phenoxy) is 4. The Morgan fingerprint density at radius 1 is 1.02 bits per heavy atom. The van der Waals surface area contributed by atoms with Crippen LogP contribution in [0, 0.1) is 0 Å². The number of likely N-dealkylation sites (tertiary alicyclic amines) is 1. The third kappa shape index (κ3) is 8.56. The van der Waals surface area contributed by atoms with Crippen molar-refractivity contribution in [2.45, 2.75) is 76.9 Å². The molecule has 0 saturated carbocycles. The Labute approximate surface area is 265 Å². The molecule has 0 radical (unpaired) electrons. The van der Waals surface area contributed by atoms with E-state index in [9.17, 15) is 14.7 Å². The number of methoxy groups -OCH3 is 1. The standard InChI is InChI=1S/C36H44N2O7/c1-24(43-25(2)40)35(41)37-20-30-7-4-5-9-33(30)27-14-16-29(17-15-27)36-44-32(21-38-18-6-8-31(38)23-42-3)19-34(45-36)28-12-10-26(22-39)11-13-28/h4-5,7,9-17,24,31-32,34,36,39H,6,8,18-23H2,1-3H3,(H,37,41)/t24-,31-,32+,34-,36-/m0/s1. The Balaban J connectivity index is 1.32. The van der Waals surface area contributed by atoms with Gasteiger partial charge in [-0.1, -0.05) is 72.8 Å². The minimum atomic E-state index is -0.860. The number of amides is 1. The Bertz CT molecular complexity index is 1410. The first-order valence-corrected chi connectivity index (χ1v) is 15.7. The monoisotopic (exact) mass is 616 g/mol. The lowest BCUT2D eigenvalue weighted by atomic mass is 9.97. The normalized spacial score (nSPS) is 22.6. The van der Waals surface area contributed by atoms with E-state index in [1.165, 1.54) is 6.92 Å². The van der Waals surface area contributed by atoms with Crippen LogP contribution in [-0.2, 0) is 41.7 Å². The van der Waals surface area contributed by atoms with Crippen LogP contribution in [0.25, 0.3) is 11.1 Å². The van der Waals surface area contributed by atoms with Gasteiger partial charge in [0.1, 0.15) is 0 Å². The van der Waals surface area contributed by atoms with Crippen molar-refractivity contribution in [3.63, 3.8) is 0 Å². The molecule has 0 bridgehead atoms. The summed E-state index contributed by atoms with van der Waals surface area (Å²) in [6.45, 7) is 5.71. The first kappa shape index (κ1) is 32.8. The molecule has 1 amide bonds. The van der Waals surface area contributed by atoms with Crippen molar-refractivity contribution in [3.05, 3.63) is 95.1 Å². The number of nitrogens with zero attached hydrogens (tertiary/aromatic N) is 1. The van der Waals surface area contributed by atoms with Crippen molar-refractivity contribution >= 4 is 11.9 Å². The van der Waals surface area contributed by atoms with Crippen LogP contribution in [0.2, 0.25) is 0 Å². The minimum Gasteiger partial charge on any atom is -0.453 e. The molecule has 3 aromatic rings. The highest BCUT2D eigenvalue weighted by Crippen LogP contribution is 2.39. The average Bonchev–Trinajstić information content (AvgIpc) is 3.49. The van der Waals surface area contributed by atoms with Gasteiger partial charge in [-0.2, -0.15) is 0 Å². The predicted molar refractivity (Wildman–Crippen MR) is 170 cm³/mol. The maximum atomic E-state index is 12.4. The summed E-state index contributed by atoms with van der Waals surface area (Å²) in [4.78, 5) is 26.1. The quantitative estimate of drug-likeness (QED) is 0.272. The molecule has 3 aromatic carbocycles. The van der Waals surface area contributed by atoms with Crippen LogP contribution in [-0.4, -0.2) is 66.9 Å². The second-order valence-corrected chi connectivity index (χ2v) is 11.8. The first-order valence-electron chi connectivity index (χ1n) is 15.7. The Morgan fingerprint density at radius 3 is 2.47 bits per heavy atom. The molecule has 0 aliphatic carbocycles. The summed E-state index contributed by atoms with van der Waals surface area (Å²) >= 11 is 0. The van der Waals surface area contributed by atoms with Gasteiger partial charge in [-0.25, -0.2) is 0 Å². The van der Waals surface area contributed by atoms with Crippen molar-refractivity contribution < 1.29 is 33.6 Å². The molecule has 2 aliphatic heterocycles. The highest BCUT2D eigenvalue weighted by Gasteiger charge is 2.35. The van der Waals surface area contributed by atoms with Gasteiger partial charge in [0.15, 0.2) is 12.4 Å². The molecule has 2 aliphatic rings. The molecule has 0 spiro atoms. The number of benzene rings is 3. The van der Waals surface area contributed by atoms with E-state index in [4.69, 9.17) is 18.9 Å². The fourth-order valence-electron chi connectivity index (χ4n) is 6.22. The smallest absolute Gasteiger partial charge is 0.303 e. The SMILES string of the molecule is COC[C@@H]1CCCN1C[C@H]1C[C@@H](c2ccc(CO)cc2)O[C@@H](c2ccc(-c3ccccc3CNC(=O)[C@H](C)OC(C)=O)cc2)O1. The molecular formula is C36H44N2O7. The van der Waals surface area contributed by atoms with Crippen LogP contribution in [0.3, 0.4) is 0 Å². The van der Waals surface area contributed by atoms with E-state index in [0.717, 1.165) is 72.3 Å². The fraction of sp³-hybridized carbons (Fsp3) is 0.444. The van der Waals surface area contributed by atoms with Gasteiger partial charge in [-0.05, 0) is 54.1 Å². The van der Waals surface area contributed by atoms with Gasteiger partial charge in [0, 0.05) is 45.1 Å². The van der Waals surface area contributed by atoms with E-state index < -0.39 is 18.4 Å². The average molecular weight is 617 g/mol. The van der Waals surface area contributed by atoms with Gasteiger partial charge in [-0.15, -0.1) is 0 Å². The zero-order chi connectivity index (χ0) is 31.8. The molecule has 5 rings (SSSR count). The number of esters is 1. The van der Waals surface area contributed by atoms with Crippen LogP contribution in [0.1, 0.15) is 67.8 Å². The number of nitrogens with one attached hydrogen (secondary N) is 1. The van der Waals surface area contributed by atoms with Gasteiger partial charge in [0.05, 0.1) is 25.4 Å². The lowest BCUT2D eigenvalue weighted by Gasteiger charge is -2.38. The summed E-state index contributed by atoms with van der Waals surface area (Å²) in [7, 11) is 1.76. The van der Waals surface area contributed by atoms with E-state index >= 15 is 0 Å². The number of aliphatic hydroxyl groups excluding tert-OH is 1. The Hall–Kier alpha value is -3.60. The molecule has 2 fully saturated rings. The second kappa shape index (κ2) is 15.6. The topological polar surface area (TPSA) is 107 Å². The van der Waals surface area contributed by atoms with Crippen molar-refractivity contribution in [3.8, 4) is 11.1 Å². The summed E-state index contributed by atoms with van der Waals surface area (Å²) in [5.41, 5.74) is 5.80. The number of carbonyl (C=O) groups is 2. The fourth-order valence-corrected chi connectivity index (χ4v) is 6.22. The number of rotatable bonds is 12. The lowest BCUT2D eigenvalue weighted by Crippen LogP contribution is -2.42.